The van der Waals surface area contributed by atoms with Crippen molar-refractivity contribution in [1.29, 1.82) is 0 Å². The summed E-state index contributed by atoms with van der Waals surface area (Å²) in [5, 5.41) is 9.90. The summed E-state index contributed by atoms with van der Waals surface area (Å²) >= 11 is 0. The Morgan fingerprint density at radius 1 is 0.912 bits per heavy atom. The Morgan fingerprint density at radius 2 is 1.76 bits per heavy atom. The first-order valence-corrected chi connectivity index (χ1v) is 11.5. The lowest BCUT2D eigenvalue weighted by Crippen LogP contribution is -2.44. The van der Waals surface area contributed by atoms with Crippen LogP contribution in [0.1, 0.15) is 0 Å². The van der Waals surface area contributed by atoms with Crippen LogP contribution in [0.25, 0.3) is 44.5 Å². The van der Waals surface area contributed by atoms with E-state index in [2.05, 4.69) is 60.2 Å². The average Bonchev–Trinajstić information content (AvgIpc) is 3.48. The molecule has 9 nitrogen and oxygen atoms in total. The lowest BCUT2D eigenvalue weighted by atomic mass is 10.1. The summed E-state index contributed by atoms with van der Waals surface area (Å²) in [5.74, 6) is 1.03. The maximum Gasteiger partial charge on any atom is 0.138 e. The first-order valence-electron chi connectivity index (χ1n) is 11.5. The van der Waals surface area contributed by atoms with Gasteiger partial charge in [-0.3, -0.25) is 15.1 Å². The fourth-order valence-corrected chi connectivity index (χ4v) is 4.53. The Hall–Kier alpha value is -3.98. The number of H-pyrrole nitrogens is 2. The molecular weight excluding hydrogens is 426 g/mol. The third-order valence-electron chi connectivity index (χ3n) is 6.57. The summed E-state index contributed by atoms with van der Waals surface area (Å²) in [6, 6.07) is 8.37. The van der Waals surface area contributed by atoms with Crippen molar-refractivity contribution in [3.63, 3.8) is 0 Å². The quantitative estimate of drug-likeness (QED) is 0.431. The van der Waals surface area contributed by atoms with E-state index in [0.717, 1.165) is 82.1 Å². The lowest BCUT2D eigenvalue weighted by Gasteiger charge is -2.33. The molecule has 0 saturated carbocycles. The number of aromatic amines is 2. The molecule has 1 aliphatic heterocycles. The molecule has 0 spiro atoms. The molecule has 0 radical (unpaired) electrons. The van der Waals surface area contributed by atoms with Gasteiger partial charge in [-0.15, -0.1) is 0 Å². The summed E-state index contributed by atoms with van der Waals surface area (Å²) in [5.41, 5.74) is 6.66. The van der Waals surface area contributed by atoms with E-state index in [-0.39, 0.29) is 0 Å². The molecule has 2 N–H and O–H groups in total. The normalized spacial score (nSPS) is 14.9. The molecule has 6 heterocycles. The highest BCUT2D eigenvalue weighted by Gasteiger charge is 2.20. The zero-order valence-corrected chi connectivity index (χ0v) is 19.6. The van der Waals surface area contributed by atoms with E-state index in [9.17, 15) is 0 Å². The molecule has 9 heteroatoms. The second-order valence-corrected chi connectivity index (χ2v) is 9.08. The van der Waals surface area contributed by atoms with Gasteiger partial charge in [-0.1, -0.05) is 0 Å². The predicted molar refractivity (Wildman–Crippen MR) is 136 cm³/mol. The molecule has 1 fully saturated rings. The SMILES string of the molecule is CN1CCN(c2nccc3[nH]c(-c4n[nH]c5cnc(-c6cncc(N(C)C)c6)cc45)cc23)CC1. The minimum atomic E-state index is 0.863. The summed E-state index contributed by atoms with van der Waals surface area (Å²) in [4.78, 5) is 24.1. The number of likely N-dealkylation sites (N-methyl/N-ethyl adjacent to an activating group) is 1. The van der Waals surface area contributed by atoms with Gasteiger partial charge in [0, 0.05) is 69.0 Å². The Balaban J connectivity index is 1.42. The number of anilines is 2. The van der Waals surface area contributed by atoms with Gasteiger partial charge in [0.1, 0.15) is 11.5 Å². The first-order chi connectivity index (χ1) is 16.6. The van der Waals surface area contributed by atoms with Crippen LogP contribution in [0.2, 0.25) is 0 Å². The topological polar surface area (TPSA) is 92.9 Å². The molecule has 0 aliphatic carbocycles. The molecule has 0 aromatic carbocycles. The van der Waals surface area contributed by atoms with E-state index >= 15 is 0 Å². The molecule has 5 aromatic heterocycles. The van der Waals surface area contributed by atoms with Crippen molar-refractivity contribution < 1.29 is 0 Å². The van der Waals surface area contributed by atoms with Gasteiger partial charge >= 0.3 is 0 Å². The second-order valence-electron chi connectivity index (χ2n) is 9.08. The number of hydrogen-bond acceptors (Lipinski definition) is 7. The smallest absolute Gasteiger partial charge is 0.138 e. The van der Waals surface area contributed by atoms with Gasteiger partial charge in [-0.05, 0) is 31.3 Å². The molecule has 0 unspecified atom stereocenters. The van der Waals surface area contributed by atoms with Crippen molar-refractivity contribution >= 4 is 33.3 Å². The number of pyridine rings is 3. The number of piperazine rings is 1. The van der Waals surface area contributed by atoms with Crippen LogP contribution in [0.3, 0.4) is 0 Å². The van der Waals surface area contributed by atoms with Gasteiger partial charge in [0.2, 0.25) is 0 Å². The van der Waals surface area contributed by atoms with Crippen molar-refractivity contribution in [2.45, 2.75) is 0 Å². The second kappa shape index (κ2) is 8.11. The van der Waals surface area contributed by atoms with Gasteiger partial charge in [0.15, 0.2) is 0 Å². The van der Waals surface area contributed by atoms with Gasteiger partial charge < -0.3 is 19.7 Å². The van der Waals surface area contributed by atoms with Crippen molar-refractivity contribution in [2.24, 2.45) is 0 Å². The number of fused-ring (bicyclic) bond motifs is 2. The highest BCUT2D eigenvalue weighted by atomic mass is 15.3. The standard InChI is InChI=1S/C25H27N9/c1-32(2)17-10-16(13-26-14-17)21-11-18-23(15-28-21)30-31-24(18)22-12-19-20(29-22)4-5-27-25(19)34-8-6-33(3)7-9-34/h4-5,10-15,29H,6-9H2,1-3H3,(H,30,31). The summed E-state index contributed by atoms with van der Waals surface area (Å²) in [7, 11) is 6.18. The minimum absolute atomic E-state index is 0.863. The number of nitrogens with one attached hydrogen (secondary N) is 2. The van der Waals surface area contributed by atoms with Crippen LogP contribution < -0.4 is 9.80 Å². The van der Waals surface area contributed by atoms with Crippen LogP contribution in [-0.4, -0.2) is 82.4 Å². The van der Waals surface area contributed by atoms with Gasteiger partial charge in [-0.25, -0.2) is 4.98 Å². The van der Waals surface area contributed by atoms with E-state index in [1.807, 2.05) is 49.8 Å². The highest BCUT2D eigenvalue weighted by molar-refractivity contribution is 5.99. The number of hydrogen-bond donors (Lipinski definition) is 2. The fraction of sp³-hybridized carbons (Fsp3) is 0.280. The number of nitrogens with zero attached hydrogens (tertiary/aromatic N) is 7. The van der Waals surface area contributed by atoms with E-state index in [4.69, 9.17) is 4.98 Å². The monoisotopic (exact) mass is 453 g/mol. The molecule has 0 atom stereocenters. The maximum atomic E-state index is 4.73. The summed E-state index contributed by atoms with van der Waals surface area (Å²) < 4.78 is 0. The van der Waals surface area contributed by atoms with Crippen molar-refractivity contribution in [3.05, 3.63) is 49.1 Å². The third kappa shape index (κ3) is 3.54. The van der Waals surface area contributed by atoms with Gasteiger partial charge in [-0.2, -0.15) is 5.10 Å². The Bertz CT molecular complexity index is 1470. The van der Waals surface area contributed by atoms with E-state index < -0.39 is 0 Å². The number of aromatic nitrogens is 6. The van der Waals surface area contributed by atoms with Gasteiger partial charge in [0.25, 0.3) is 0 Å². The van der Waals surface area contributed by atoms with Crippen LogP contribution in [-0.2, 0) is 0 Å². The number of rotatable bonds is 4. The Kier molecular flexibility index (Phi) is 4.91. The minimum Gasteiger partial charge on any atom is -0.376 e. The van der Waals surface area contributed by atoms with E-state index in [1.165, 1.54) is 0 Å². The highest BCUT2D eigenvalue weighted by Crippen LogP contribution is 2.33. The zero-order chi connectivity index (χ0) is 23.2. The van der Waals surface area contributed by atoms with Crippen LogP contribution in [0.15, 0.2) is 49.1 Å². The largest absolute Gasteiger partial charge is 0.376 e. The molecule has 0 bridgehead atoms. The lowest BCUT2D eigenvalue weighted by molar-refractivity contribution is 0.312. The molecule has 6 rings (SSSR count). The molecule has 34 heavy (non-hydrogen) atoms. The maximum absolute atomic E-state index is 4.73. The van der Waals surface area contributed by atoms with Crippen molar-refractivity contribution in [1.82, 2.24) is 35.0 Å². The third-order valence-corrected chi connectivity index (χ3v) is 6.57. The predicted octanol–water partition coefficient (Wildman–Crippen LogP) is 3.38. The summed E-state index contributed by atoms with van der Waals surface area (Å²) in [6.45, 7) is 4.03. The van der Waals surface area contributed by atoms with Crippen LogP contribution in [0.4, 0.5) is 11.5 Å². The van der Waals surface area contributed by atoms with Crippen molar-refractivity contribution in [2.75, 3.05) is 57.1 Å². The first kappa shape index (κ1) is 20.6. The van der Waals surface area contributed by atoms with Crippen LogP contribution in [0.5, 0.6) is 0 Å². The molecule has 1 saturated heterocycles. The zero-order valence-electron chi connectivity index (χ0n) is 19.6. The fourth-order valence-electron chi connectivity index (χ4n) is 4.53. The average molecular weight is 454 g/mol. The molecular formula is C25H27N9. The van der Waals surface area contributed by atoms with E-state index in [0.29, 0.717) is 0 Å². The Morgan fingerprint density at radius 3 is 2.59 bits per heavy atom. The molecule has 1 aliphatic rings. The van der Waals surface area contributed by atoms with E-state index in [1.54, 1.807) is 0 Å². The summed E-state index contributed by atoms with van der Waals surface area (Å²) in [6.07, 6.45) is 7.41. The molecule has 5 aromatic rings. The van der Waals surface area contributed by atoms with Crippen molar-refractivity contribution in [3.8, 4) is 22.6 Å². The van der Waals surface area contributed by atoms with Crippen LogP contribution >= 0.6 is 0 Å². The molecule has 0 amide bonds. The van der Waals surface area contributed by atoms with Gasteiger partial charge in [0.05, 0.1) is 40.5 Å². The molecule has 172 valence electrons. The Labute approximate surface area is 197 Å². The van der Waals surface area contributed by atoms with Crippen LogP contribution in [0, 0.1) is 0 Å².